The first-order valence-corrected chi connectivity index (χ1v) is 6.71. The lowest BCUT2D eigenvalue weighted by Crippen LogP contribution is -2.27. The van der Waals surface area contributed by atoms with Gasteiger partial charge in [-0.2, -0.15) is 0 Å². The predicted octanol–water partition coefficient (Wildman–Crippen LogP) is 1.36. The number of nitrogens with two attached hydrogens (primary N) is 1. The first-order chi connectivity index (χ1) is 9.15. The van der Waals surface area contributed by atoms with Gasteiger partial charge in [0, 0.05) is 23.9 Å². The molecule has 0 aliphatic carbocycles. The number of benzene rings is 1. The number of carbonyl (C=O) groups is 1. The van der Waals surface area contributed by atoms with Crippen LogP contribution in [0.25, 0.3) is 0 Å². The van der Waals surface area contributed by atoms with Gasteiger partial charge >= 0.3 is 0 Å². The minimum absolute atomic E-state index is 0.157. The van der Waals surface area contributed by atoms with Crippen LogP contribution in [0.15, 0.2) is 18.2 Å². The van der Waals surface area contributed by atoms with E-state index >= 15 is 0 Å². The minimum Gasteiger partial charge on any atom is -0.492 e. The highest BCUT2D eigenvalue weighted by Gasteiger charge is 2.27. The summed E-state index contributed by atoms with van der Waals surface area (Å²) in [5.41, 5.74) is 7.35. The molecule has 104 valence electrons. The lowest BCUT2D eigenvalue weighted by Gasteiger charge is -2.18. The number of fused-ring (bicyclic) bond motifs is 1. The molecule has 1 aromatic carbocycles. The van der Waals surface area contributed by atoms with Gasteiger partial charge in [-0.3, -0.25) is 4.79 Å². The van der Waals surface area contributed by atoms with E-state index in [9.17, 15) is 4.79 Å². The molecule has 0 saturated heterocycles. The van der Waals surface area contributed by atoms with Crippen molar-refractivity contribution < 1.29 is 9.53 Å². The molecule has 1 amide bonds. The van der Waals surface area contributed by atoms with Crippen LogP contribution in [0.1, 0.15) is 25.5 Å². The van der Waals surface area contributed by atoms with Gasteiger partial charge in [-0.15, -0.1) is 0 Å². The Morgan fingerprint density at radius 2 is 2.11 bits per heavy atom. The van der Waals surface area contributed by atoms with Gasteiger partial charge < -0.3 is 20.7 Å². The molecule has 0 fully saturated rings. The number of rotatable bonds is 6. The molecule has 0 radical (unpaired) electrons. The van der Waals surface area contributed by atoms with Gasteiger partial charge in [-0.1, -0.05) is 19.9 Å². The zero-order valence-electron chi connectivity index (χ0n) is 11.5. The number of hydrogen-bond acceptors (Lipinski definition) is 4. The lowest BCUT2D eigenvalue weighted by molar-refractivity contribution is -0.116. The van der Waals surface area contributed by atoms with E-state index < -0.39 is 6.04 Å². The van der Waals surface area contributed by atoms with Gasteiger partial charge in [0.1, 0.15) is 18.4 Å². The summed E-state index contributed by atoms with van der Waals surface area (Å²) in [5, 5.41) is 2.75. The maximum Gasteiger partial charge on any atom is 0.245 e. The number of likely N-dealkylation sites (N-methyl/N-ethyl adjacent to an activating group) is 1. The molecule has 3 N–H and O–H groups in total. The smallest absolute Gasteiger partial charge is 0.245 e. The molecule has 1 unspecified atom stereocenters. The highest BCUT2D eigenvalue weighted by molar-refractivity contribution is 6.02. The molecular weight excluding hydrogens is 242 g/mol. The van der Waals surface area contributed by atoms with E-state index in [1.165, 1.54) is 0 Å². The van der Waals surface area contributed by atoms with Crippen LogP contribution in [0.4, 0.5) is 5.69 Å². The SMILES string of the molecule is CCN(CC)CCOc1ccc2c(c1)NC(=O)C2N. The fourth-order valence-electron chi connectivity index (χ4n) is 2.19. The van der Waals surface area contributed by atoms with Gasteiger partial charge in [0.2, 0.25) is 5.91 Å². The molecule has 5 heteroatoms. The van der Waals surface area contributed by atoms with E-state index in [0.717, 1.165) is 36.6 Å². The van der Waals surface area contributed by atoms with E-state index in [1.807, 2.05) is 18.2 Å². The zero-order valence-corrected chi connectivity index (χ0v) is 11.5. The van der Waals surface area contributed by atoms with Crippen LogP contribution in [0.5, 0.6) is 5.75 Å². The van der Waals surface area contributed by atoms with E-state index in [4.69, 9.17) is 10.5 Å². The predicted molar refractivity (Wildman–Crippen MR) is 75.3 cm³/mol. The number of amides is 1. The molecule has 0 bridgehead atoms. The second-order valence-corrected chi connectivity index (χ2v) is 4.59. The Hall–Kier alpha value is -1.59. The molecule has 0 aromatic heterocycles. The van der Waals surface area contributed by atoms with Crippen LogP contribution in [-0.4, -0.2) is 37.0 Å². The van der Waals surface area contributed by atoms with Gasteiger partial charge in [0.15, 0.2) is 0 Å². The highest BCUT2D eigenvalue weighted by Crippen LogP contribution is 2.32. The molecule has 19 heavy (non-hydrogen) atoms. The number of anilines is 1. The van der Waals surface area contributed by atoms with E-state index in [0.29, 0.717) is 6.61 Å². The Morgan fingerprint density at radius 1 is 1.37 bits per heavy atom. The van der Waals surface area contributed by atoms with Crippen molar-refractivity contribution in [3.05, 3.63) is 23.8 Å². The molecular formula is C14H21N3O2. The van der Waals surface area contributed by atoms with Gasteiger partial charge in [0.05, 0.1) is 0 Å². The molecule has 1 aliphatic rings. The summed E-state index contributed by atoms with van der Waals surface area (Å²) in [4.78, 5) is 13.7. The Bertz CT molecular complexity index is 458. The molecule has 1 heterocycles. The molecule has 5 nitrogen and oxygen atoms in total. The highest BCUT2D eigenvalue weighted by atomic mass is 16.5. The molecule has 1 aromatic rings. The first-order valence-electron chi connectivity index (χ1n) is 6.71. The molecule has 2 rings (SSSR count). The molecule has 1 atom stereocenters. The monoisotopic (exact) mass is 263 g/mol. The van der Waals surface area contributed by atoms with Crippen molar-refractivity contribution in [2.75, 3.05) is 31.6 Å². The third kappa shape index (κ3) is 3.05. The fourth-order valence-corrected chi connectivity index (χ4v) is 2.19. The number of nitrogens with zero attached hydrogens (tertiary/aromatic N) is 1. The normalized spacial score (nSPS) is 17.5. The van der Waals surface area contributed by atoms with Crippen LogP contribution in [0, 0.1) is 0 Å². The Kier molecular flexibility index (Phi) is 4.39. The third-order valence-corrected chi connectivity index (χ3v) is 3.47. The maximum atomic E-state index is 11.4. The summed E-state index contributed by atoms with van der Waals surface area (Å²) >= 11 is 0. The fraction of sp³-hybridized carbons (Fsp3) is 0.500. The number of carbonyl (C=O) groups excluding carboxylic acids is 1. The van der Waals surface area contributed by atoms with Crippen molar-refractivity contribution in [2.24, 2.45) is 5.73 Å². The topological polar surface area (TPSA) is 67.6 Å². The summed E-state index contributed by atoms with van der Waals surface area (Å²) in [6, 6.07) is 4.99. The van der Waals surface area contributed by atoms with Crippen LogP contribution in [0.2, 0.25) is 0 Å². The van der Waals surface area contributed by atoms with Crippen molar-refractivity contribution in [1.29, 1.82) is 0 Å². The molecule has 0 saturated carbocycles. The van der Waals surface area contributed by atoms with Crippen LogP contribution in [-0.2, 0) is 4.79 Å². The maximum absolute atomic E-state index is 11.4. The largest absolute Gasteiger partial charge is 0.492 e. The van der Waals surface area contributed by atoms with Crippen molar-refractivity contribution in [2.45, 2.75) is 19.9 Å². The molecule has 1 aliphatic heterocycles. The summed E-state index contributed by atoms with van der Waals surface area (Å²) in [7, 11) is 0. The summed E-state index contributed by atoms with van der Waals surface area (Å²) in [5.74, 6) is 0.607. The number of hydrogen-bond donors (Lipinski definition) is 2. The van der Waals surface area contributed by atoms with Crippen molar-refractivity contribution in [1.82, 2.24) is 4.90 Å². The zero-order chi connectivity index (χ0) is 13.8. The first kappa shape index (κ1) is 13.8. The Morgan fingerprint density at radius 3 is 2.79 bits per heavy atom. The minimum atomic E-state index is -0.556. The van der Waals surface area contributed by atoms with Gasteiger partial charge in [-0.05, 0) is 19.2 Å². The van der Waals surface area contributed by atoms with Crippen molar-refractivity contribution >= 4 is 11.6 Å². The Labute approximate surface area is 113 Å². The standard InChI is InChI=1S/C14H21N3O2/c1-3-17(4-2)7-8-19-10-5-6-11-12(9-10)16-14(18)13(11)15/h5-6,9,13H,3-4,7-8,15H2,1-2H3,(H,16,18). The molecule has 0 spiro atoms. The second kappa shape index (κ2) is 6.04. The van der Waals surface area contributed by atoms with Gasteiger partial charge in [0.25, 0.3) is 0 Å². The average Bonchev–Trinajstić information content (AvgIpc) is 2.70. The summed E-state index contributed by atoms with van der Waals surface area (Å²) < 4.78 is 5.70. The number of ether oxygens (including phenoxy) is 1. The van der Waals surface area contributed by atoms with Crippen LogP contribution >= 0.6 is 0 Å². The van der Waals surface area contributed by atoms with Crippen LogP contribution < -0.4 is 15.8 Å². The van der Waals surface area contributed by atoms with Crippen molar-refractivity contribution in [3.63, 3.8) is 0 Å². The van der Waals surface area contributed by atoms with Crippen LogP contribution in [0.3, 0.4) is 0 Å². The summed E-state index contributed by atoms with van der Waals surface area (Å²) in [6.45, 7) is 7.85. The van der Waals surface area contributed by atoms with E-state index in [1.54, 1.807) is 0 Å². The van der Waals surface area contributed by atoms with Crippen molar-refractivity contribution in [3.8, 4) is 5.75 Å². The van der Waals surface area contributed by atoms with E-state index in [2.05, 4.69) is 24.1 Å². The van der Waals surface area contributed by atoms with Gasteiger partial charge in [-0.25, -0.2) is 0 Å². The van der Waals surface area contributed by atoms with E-state index in [-0.39, 0.29) is 5.91 Å². The second-order valence-electron chi connectivity index (χ2n) is 4.59. The Balaban J connectivity index is 1.93. The third-order valence-electron chi connectivity index (χ3n) is 3.47. The summed E-state index contributed by atoms with van der Waals surface area (Å²) in [6.07, 6.45) is 0. The quantitative estimate of drug-likeness (QED) is 0.813. The average molecular weight is 263 g/mol. The lowest BCUT2D eigenvalue weighted by atomic mass is 10.1. The number of nitrogens with one attached hydrogen (secondary N) is 1.